The van der Waals surface area contributed by atoms with E-state index in [0.29, 0.717) is 22.7 Å². The second-order valence-electron chi connectivity index (χ2n) is 6.90. The van der Waals surface area contributed by atoms with E-state index in [1.54, 1.807) is 37.5 Å². The Labute approximate surface area is 183 Å². The predicted octanol–water partition coefficient (Wildman–Crippen LogP) is 5.12. The number of nitriles is 1. The fraction of sp³-hybridized carbons (Fsp3) is 0.0833. The molecular weight excluding hydrogens is 408 g/mol. The van der Waals surface area contributed by atoms with E-state index in [-0.39, 0.29) is 23.6 Å². The van der Waals surface area contributed by atoms with Crippen LogP contribution in [0.2, 0.25) is 0 Å². The zero-order valence-corrected chi connectivity index (χ0v) is 17.1. The lowest BCUT2D eigenvalue weighted by Crippen LogP contribution is -1.99. The Morgan fingerprint density at radius 1 is 1.19 bits per heavy atom. The van der Waals surface area contributed by atoms with Gasteiger partial charge >= 0.3 is 5.69 Å². The smallest absolute Gasteiger partial charge is 0.311 e. The second kappa shape index (κ2) is 9.02. The van der Waals surface area contributed by atoms with E-state index >= 15 is 0 Å². The number of hydrogen-bond donors (Lipinski definition) is 1. The molecule has 1 N–H and O–H groups in total. The molecule has 0 atom stereocenters. The molecule has 32 heavy (non-hydrogen) atoms. The van der Waals surface area contributed by atoms with Crippen molar-refractivity contribution in [1.29, 1.82) is 5.26 Å². The Balaban J connectivity index is 1.64. The van der Waals surface area contributed by atoms with Gasteiger partial charge in [-0.05, 0) is 35.4 Å². The fourth-order valence-corrected chi connectivity index (χ4v) is 3.19. The highest BCUT2D eigenvalue weighted by molar-refractivity contribution is 5.90. The summed E-state index contributed by atoms with van der Waals surface area (Å²) in [4.78, 5) is 18.6. The Morgan fingerprint density at radius 2 is 2.00 bits per heavy atom. The summed E-state index contributed by atoms with van der Waals surface area (Å²) in [6.07, 6.45) is 1.54. The van der Waals surface area contributed by atoms with Gasteiger partial charge in [0.1, 0.15) is 24.3 Å². The van der Waals surface area contributed by atoms with Crippen LogP contribution in [0, 0.1) is 21.4 Å². The summed E-state index contributed by atoms with van der Waals surface area (Å²) in [6, 6.07) is 21.4. The number of nitrogens with zero attached hydrogens (tertiary/aromatic N) is 3. The van der Waals surface area contributed by atoms with Gasteiger partial charge in [-0.25, -0.2) is 4.98 Å². The number of aromatic nitrogens is 2. The summed E-state index contributed by atoms with van der Waals surface area (Å²) >= 11 is 0. The molecule has 1 heterocycles. The van der Waals surface area contributed by atoms with Crippen LogP contribution >= 0.6 is 0 Å². The lowest BCUT2D eigenvalue weighted by Gasteiger charge is -2.07. The van der Waals surface area contributed by atoms with Crippen LogP contribution in [0.3, 0.4) is 0 Å². The van der Waals surface area contributed by atoms with Crippen molar-refractivity contribution >= 4 is 28.4 Å². The van der Waals surface area contributed by atoms with Gasteiger partial charge in [-0.15, -0.1) is 0 Å². The monoisotopic (exact) mass is 426 g/mol. The fourth-order valence-electron chi connectivity index (χ4n) is 3.19. The SMILES string of the molecule is COc1ccc2nc(C(C#N)=Cc3ccc(OCc4ccccc4)c([N+](=O)[O-])c3)[nH]c2c1. The molecule has 0 unspecified atom stereocenters. The molecule has 8 heteroatoms. The van der Waals surface area contributed by atoms with Crippen molar-refractivity contribution in [3.8, 4) is 17.6 Å². The third-order valence-corrected chi connectivity index (χ3v) is 4.79. The first-order chi connectivity index (χ1) is 15.6. The van der Waals surface area contributed by atoms with Crippen molar-refractivity contribution in [2.75, 3.05) is 7.11 Å². The number of nitro benzene ring substituents is 1. The zero-order valence-electron chi connectivity index (χ0n) is 17.1. The van der Waals surface area contributed by atoms with Gasteiger partial charge in [0.15, 0.2) is 5.75 Å². The molecule has 0 radical (unpaired) electrons. The number of nitrogens with one attached hydrogen (secondary N) is 1. The van der Waals surface area contributed by atoms with Gasteiger partial charge in [-0.1, -0.05) is 36.4 Å². The van der Waals surface area contributed by atoms with Crippen LogP contribution in [-0.4, -0.2) is 22.0 Å². The number of hydrogen-bond acceptors (Lipinski definition) is 6. The number of nitro groups is 1. The van der Waals surface area contributed by atoms with Crippen LogP contribution in [0.4, 0.5) is 5.69 Å². The highest BCUT2D eigenvalue weighted by atomic mass is 16.6. The molecular formula is C24H18N4O4. The number of benzene rings is 3. The lowest BCUT2D eigenvalue weighted by molar-refractivity contribution is -0.386. The molecule has 4 rings (SSSR count). The van der Waals surface area contributed by atoms with E-state index in [4.69, 9.17) is 9.47 Å². The topological polar surface area (TPSA) is 114 Å². The Bertz CT molecular complexity index is 1350. The summed E-state index contributed by atoms with van der Waals surface area (Å²) in [5.74, 6) is 1.19. The minimum absolute atomic E-state index is 0.158. The quantitative estimate of drug-likeness (QED) is 0.249. The van der Waals surface area contributed by atoms with Gasteiger partial charge in [0.25, 0.3) is 0 Å². The van der Waals surface area contributed by atoms with Gasteiger partial charge in [-0.3, -0.25) is 10.1 Å². The van der Waals surface area contributed by atoms with Crippen molar-refractivity contribution in [3.63, 3.8) is 0 Å². The highest BCUT2D eigenvalue weighted by Gasteiger charge is 2.17. The predicted molar refractivity (Wildman–Crippen MR) is 120 cm³/mol. The van der Waals surface area contributed by atoms with Gasteiger partial charge in [0.2, 0.25) is 0 Å². The molecule has 158 valence electrons. The Hall–Kier alpha value is -4.64. The van der Waals surface area contributed by atoms with Crippen LogP contribution in [0.25, 0.3) is 22.7 Å². The molecule has 1 aromatic heterocycles. The number of H-pyrrole nitrogens is 1. The molecule has 8 nitrogen and oxygen atoms in total. The minimum atomic E-state index is -0.503. The maximum absolute atomic E-state index is 11.6. The van der Waals surface area contributed by atoms with E-state index in [9.17, 15) is 15.4 Å². The average molecular weight is 426 g/mol. The molecule has 0 saturated heterocycles. The lowest BCUT2D eigenvalue weighted by atomic mass is 10.1. The van der Waals surface area contributed by atoms with Gasteiger partial charge in [0.05, 0.1) is 28.6 Å². The zero-order chi connectivity index (χ0) is 22.5. The maximum Gasteiger partial charge on any atom is 0.311 e. The largest absolute Gasteiger partial charge is 0.497 e. The molecule has 0 fully saturated rings. The molecule has 0 bridgehead atoms. The van der Waals surface area contributed by atoms with E-state index in [1.165, 1.54) is 12.1 Å². The van der Waals surface area contributed by atoms with Crippen LogP contribution in [0.15, 0.2) is 66.7 Å². The maximum atomic E-state index is 11.6. The first-order valence-corrected chi connectivity index (χ1v) is 9.68. The number of imidazole rings is 1. The van der Waals surface area contributed by atoms with Crippen LogP contribution in [0.5, 0.6) is 11.5 Å². The molecule has 0 saturated carbocycles. The number of allylic oxidation sites excluding steroid dienone is 1. The van der Waals surface area contributed by atoms with Crippen LogP contribution < -0.4 is 9.47 Å². The van der Waals surface area contributed by atoms with E-state index < -0.39 is 4.92 Å². The van der Waals surface area contributed by atoms with E-state index in [2.05, 4.69) is 16.0 Å². The standard InChI is InChI=1S/C24H18N4O4/c1-31-19-8-9-20-21(13-19)27-24(26-20)18(14-25)11-17-7-10-23(22(12-17)28(29)30)32-15-16-5-3-2-4-6-16/h2-13H,15H2,1H3,(H,26,27). The summed E-state index contributed by atoms with van der Waals surface area (Å²) in [5, 5.41) is 21.2. The van der Waals surface area contributed by atoms with Crippen LogP contribution in [-0.2, 0) is 6.61 Å². The summed E-state index contributed by atoms with van der Waals surface area (Å²) in [7, 11) is 1.57. The van der Waals surface area contributed by atoms with Crippen molar-refractivity contribution < 1.29 is 14.4 Å². The first kappa shape index (κ1) is 20.6. The minimum Gasteiger partial charge on any atom is -0.497 e. The second-order valence-corrected chi connectivity index (χ2v) is 6.90. The molecule has 0 aliphatic rings. The summed E-state index contributed by atoms with van der Waals surface area (Å²) in [5.41, 5.74) is 2.85. The number of rotatable bonds is 7. The Kier molecular flexibility index (Phi) is 5.81. The van der Waals surface area contributed by atoms with Gasteiger partial charge in [0, 0.05) is 12.1 Å². The van der Waals surface area contributed by atoms with E-state index in [0.717, 1.165) is 11.1 Å². The van der Waals surface area contributed by atoms with E-state index in [1.807, 2.05) is 30.3 Å². The average Bonchev–Trinajstić information content (AvgIpc) is 3.25. The Morgan fingerprint density at radius 3 is 2.72 bits per heavy atom. The number of methoxy groups -OCH3 is 1. The van der Waals surface area contributed by atoms with Crippen molar-refractivity contribution in [2.45, 2.75) is 6.61 Å². The number of fused-ring (bicyclic) bond motifs is 1. The van der Waals surface area contributed by atoms with Crippen molar-refractivity contribution in [3.05, 3.63) is 93.8 Å². The summed E-state index contributed by atoms with van der Waals surface area (Å²) < 4.78 is 10.9. The van der Waals surface area contributed by atoms with Gasteiger partial charge < -0.3 is 14.5 Å². The third-order valence-electron chi connectivity index (χ3n) is 4.79. The number of ether oxygens (including phenoxy) is 2. The normalized spacial score (nSPS) is 11.2. The first-order valence-electron chi connectivity index (χ1n) is 9.68. The number of aromatic amines is 1. The molecule has 0 aliphatic heterocycles. The summed E-state index contributed by atoms with van der Waals surface area (Å²) in [6.45, 7) is 0.211. The molecule has 0 amide bonds. The third kappa shape index (κ3) is 4.42. The molecule has 3 aromatic carbocycles. The molecule has 4 aromatic rings. The molecule has 0 spiro atoms. The van der Waals surface area contributed by atoms with Crippen molar-refractivity contribution in [2.24, 2.45) is 0 Å². The van der Waals surface area contributed by atoms with Crippen LogP contribution in [0.1, 0.15) is 17.0 Å². The van der Waals surface area contributed by atoms with Gasteiger partial charge in [-0.2, -0.15) is 5.26 Å². The highest BCUT2D eigenvalue weighted by Crippen LogP contribution is 2.30. The molecule has 0 aliphatic carbocycles. The van der Waals surface area contributed by atoms with Crippen molar-refractivity contribution in [1.82, 2.24) is 9.97 Å².